The smallest absolute Gasteiger partial charge is 0.340 e. The van der Waals surface area contributed by atoms with E-state index < -0.39 is 24.7 Å². The van der Waals surface area contributed by atoms with E-state index in [9.17, 15) is 23.9 Å². The fraction of sp³-hybridized carbons (Fsp3) is 0.846. The Bertz CT molecular complexity index is 497. The molecule has 1 heterocycles. The molecule has 1 fully saturated rings. The number of carbonyl (C=O) groups excluding carboxylic acids is 2. The lowest BCUT2D eigenvalue weighted by molar-refractivity contribution is -0.189. The zero-order chi connectivity index (χ0) is 17.9. The quantitative estimate of drug-likeness (QED) is 0.321. The number of carbonyl (C=O) groups is 2. The molecule has 134 valence electrons. The number of nitrogens with zero attached hydrogens (tertiary/aromatic N) is 1. The van der Waals surface area contributed by atoms with Crippen LogP contribution in [0, 0.1) is 0 Å². The Hall–Kier alpha value is -0.990. The van der Waals surface area contributed by atoms with Gasteiger partial charge in [0.25, 0.3) is 11.4 Å². The van der Waals surface area contributed by atoms with Crippen LogP contribution in [0.5, 0.6) is 0 Å². The third kappa shape index (κ3) is 4.30. The topological polar surface area (TPSA) is 125 Å². The molecule has 23 heavy (non-hydrogen) atoms. The predicted octanol–water partition coefficient (Wildman–Crippen LogP) is 1.00. The summed E-state index contributed by atoms with van der Waals surface area (Å²) in [6, 6.07) is -0.519. The third-order valence-corrected chi connectivity index (χ3v) is 4.87. The van der Waals surface area contributed by atoms with E-state index in [2.05, 4.69) is 5.32 Å². The number of rotatable bonds is 9. The lowest BCUT2D eigenvalue weighted by Gasteiger charge is -2.33. The molecule has 0 bridgehead atoms. The zero-order valence-electron chi connectivity index (χ0n) is 13.9. The minimum absolute atomic E-state index is 0.0238. The molecule has 0 spiro atoms. The highest BCUT2D eigenvalue weighted by Gasteiger charge is 2.50. The van der Waals surface area contributed by atoms with Crippen LogP contribution in [0.1, 0.15) is 40.5 Å². The molecule has 0 aliphatic carbocycles. The fourth-order valence-corrected chi connectivity index (χ4v) is 3.48. The van der Waals surface area contributed by atoms with Gasteiger partial charge in [-0.25, -0.2) is 4.79 Å². The number of imide groups is 1. The van der Waals surface area contributed by atoms with Gasteiger partial charge >= 0.3 is 13.6 Å². The van der Waals surface area contributed by atoms with Crippen LogP contribution in [0.4, 0.5) is 4.79 Å². The van der Waals surface area contributed by atoms with E-state index in [1.54, 1.807) is 27.7 Å². The molecule has 1 saturated heterocycles. The zero-order valence-corrected chi connectivity index (χ0v) is 14.8. The molecule has 1 aliphatic rings. The Kier molecular flexibility index (Phi) is 6.34. The number of amides is 3. The van der Waals surface area contributed by atoms with Crippen molar-refractivity contribution in [2.24, 2.45) is 0 Å². The average Bonchev–Trinajstić information content (AvgIpc) is 2.59. The maximum atomic E-state index is 12.1. The summed E-state index contributed by atoms with van der Waals surface area (Å²) in [4.78, 5) is 44.0. The van der Waals surface area contributed by atoms with E-state index >= 15 is 0 Å². The largest absolute Gasteiger partial charge is 0.384 e. The summed E-state index contributed by atoms with van der Waals surface area (Å²) in [5.74, 6) is -0.378. The fourth-order valence-electron chi connectivity index (χ4n) is 2.43. The molecule has 1 rings (SSSR count). The summed E-state index contributed by atoms with van der Waals surface area (Å²) in [6.45, 7) is 6.52. The van der Waals surface area contributed by atoms with E-state index in [-0.39, 0.29) is 38.5 Å². The van der Waals surface area contributed by atoms with Gasteiger partial charge in [0.1, 0.15) is 5.54 Å². The Balaban J connectivity index is 2.78. The van der Waals surface area contributed by atoms with Gasteiger partial charge in [-0.2, -0.15) is 0 Å². The first kappa shape index (κ1) is 20.1. The van der Waals surface area contributed by atoms with Gasteiger partial charge in [0.2, 0.25) is 0 Å². The first-order valence-electron chi connectivity index (χ1n) is 7.48. The van der Waals surface area contributed by atoms with Crippen LogP contribution in [-0.4, -0.2) is 57.5 Å². The van der Waals surface area contributed by atoms with Crippen molar-refractivity contribution >= 4 is 19.5 Å². The van der Waals surface area contributed by atoms with Gasteiger partial charge in [0.05, 0.1) is 0 Å². The highest BCUT2D eigenvalue weighted by Crippen LogP contribution is 2.54. The second-order valence-corrected chi connectivity index (χ2v) is 7.51. The van der Waals surface area contributed by atoms with E-state index in [0.29, 0.717) is 0 Å². The van der Waals surface area contributed by atoms with Crippen LogP contribution in [0.15, 0.2) is 0 Å². The van der Waals surface area contributed by atoms with Crippen LogP contribution >= 0.6 is 7.60 Å². The summed E-state index contributed by atoms with van der Waals surface area (Å²) >= 11 is 0. The number of ether oxygens (including phenoxy) is 2. The first-order valence-corrected chi connectivity index (χ1v) is 9.09. The highest BCUT2D eigenvalue weighted by atomic mass is 31.2. The standard InChI is InChI=1S/C13H25N2O7P/c1-5-21-13(22-6-2,23(18,19)20)8-7-9-15-10(16)12(3,4)14-11(15)17/h5-9H2,1-4H3,(H,14,17)(H2,18,19,20). The Labute approximate surface area is 135 Å². The van der Waals surface area contributed by atoms with Gasteiger partial charge in [0.15, 0.2) is 0 Å². The van der Waals surface area contributed by atoms with Gasteiger partial charge in [-0.3, -0.25) is 14.3 Å². The molecule has 10 heteroatoms. The van der Waals surface area contributed by atoms with Gasteiger partial charge in [0, 0.05) is 26.2 Å². The maximum absolute atomic E-state index is 12.1. The van der Waals surface area contributed by atoms with Crippen LogP contribution in [-0.2, 0) is 18.8 Å². The van der Waals surface area contributed by atoms with Crippen LogP contribution in [0.25, 0.3) is 0 Å². The van der Waals surface area contributed by atoms with Crippen molar-refractivity contribution in [2.75, 3.05) is 19.8 Å². The molecule has 0 aromatic carbocycles. The van der Waals surface area contributed by atoms with Crippen molar-refractivity contribution in [2.45, 2.75) is 51.6 Å². The molecule has 1 aliphatic heterocycles. The number of urea groups is 1. The van der Waals surface area contributed by atoms with Crippen molar-refractivity contribution in [3.05, 3.63) is 0 Å². The summed E-state index contributed by atoms with van der Waals surface area (Å²) in [5, 5.41) is 2.54. The van der Waals surface area contributed by atoms with Gasteiger partial charge in [-0.05, 0) is 34.1 Å². The molecule has 0 radical (unpaired) electrons. The molecule has 0 unspecified atom stereocenters. The highest BCUT2D eigenvalue weighted by molar-refractivity contribution is 7.53. The molecule has 9 nitrogen and oxygen atoms in total. The van der Waals surface area contributed by atoms with E-state index in [1.807, 2.05) is 0 Å². The minimum atomic E-state index is -4.71. The average molecular weight is 352 g/mol. The monoisotopic (exact) mass is 352 g/mol. The maximum Gasteiger partial charge on any atom is 0.384 e. The van der Waals surface area contributed by atoms with E-state index in [0.717, 1.165) is 4.90 Å². The summed E-state index contributed by atoms with van der Waals surface area (Å²) in [6.07, 6.45) is -0.00318. The SMILES string of the molecule is CCOC(CCCN1C(=O)NC(C)(C)C1=O)(OCC)P(=O)(O)O. The Morgan fingerprint density at radius 1 is 1.22 bits per heavy atom. The van der Waals surface area contributed by atoms with Crippen molar-refractivity contribution in [1.82, 2.24) is 10.2 Å². The van der Waals surface area contributed by atoms with Crippen molar-refractivity contribution in [3.63, 3.8) is 0 Å². The third-order valence-electron chi connectivity index (χ3n) is 3.50. The molecule has 0 atom stereocenters. The minimum Gasteiger partial charge on any atom is -0.340 e. The van der Waals surface area contributed by atoms with Crippen LogP contribution < -0.4 is 5.32 Å². The van der Waals surface area contributed by atoms with Crippen molar-refractivity contribution in [1.29, 1.82) is 0 Å². The lowest BCUT2D eigenvalue weighted by atomic mass is 10.1. The Morgan fingerprint density at radius 3 is 2.09 bits per heavy atom. The summed E-state index contributed by atoms with van der Waals surface area (Å²) in [5.41, 5.74) is -3.03. The number of hydrogen-bond donors (Lipinski definition) is 3. The molecule has 0 aromatic rings. The van der Waals surface area contributed by atoms with Gasteiger partial charge < -0.3 is 24.6 Å². The number of hydrogen-bond acceptors (Lipinski definition) is 5. The normalized spacial score (nSPS) is 18.4. The summed E-state index contributed by atoms with van der Waals surface area (Å²) in [7, 11) is -4.71. The predicted molar refractivity (Wildman–Crippen MR) is 81.6 cm³/mol. The van der Waals surface area contributed by atoms with Crippen molar-refractivity contribution in [3.8, 4) is 0 Å². The number of nitrogens with one attached hydrogen (secondary N) is 1. The second kappa shape index (κ2) is 7.27. The first-order chi connectivity index (χ1) is 10.5. The van der Waals surface area contributed by atoms with Crippen molar-refractivity contribution < 1.29 is 33.4 Å². The van der Waals surface area contributed by atoms with Gasteiger partial charge in [-0.1, -0.05) is 0 Å². The summed E-state index contributed by atoms with van der Waals surface area (Å²) < 4.78 is 22.2. The van der Waals surface area contributed by atoms with Crippen LogP contribution in [0.3, 0.4) is 0 Å². The molecule has 3 amide bonds. The van der Waals surface area contributed by atoms with E-state index in [4.69, 9.17) is 9.47 Å². The molecular weight excluding hydrogens is 327 g/mol. The second-order valence-electron chi connectivity index (χ2n) is 5.74. The van der Waals surface area contributed by atoms with Crippen LogP contribution in [0.2, 0.25) is 0 Å². The Morgan fingerprint density at radius 2 is 1.74 bits per heavy atom. The lowest BCUT2D eigenvalue weighted by Crippen LogP contribution is -2.41. The van der Waals surface area contributed by atoms with Gasteiger partial charge in [-0.15, -0.1) is 0 Å². The molecular formula is C13H25N2O7P. The van der Waals surface area contributed by atoms with E-state index in [1.165, 1.54) is 0 Å². The molecule has 0 aromatic heterocycles. The molecule has 0 saturated carbocycles. The molecule has 3 N–H and O–H groups in total.